The van der Waals surface area contributed by atoms with Gasteiger partial charge in [-0.25, -0.2) is 4.68 Å². The third-order valence-electron chi connectivity index (χ3n) is 4.00. The van der Waals surface area contributed by atoms with Gasteiger partial charge in [-0.3, -0.25) is 9.78 Å². The number of hydrogen-bond donors (Lipinski definition) is 1. The maximum atomic E-state index is 12.9. The molecule has 1 N–H and O–H groups in total. The maximum Gasteiger partial charge on any atom is 0.333 e. The molecule has 2 aromatic heterocycles. The Hall–Kier alpha value is -3.86. The number of nitrogens with zero attached hydrogens (tertiary/aromatic N) is 4. The smallest absolute Gasteiger partial charge is 0.333 e. The van der Waals surface area contributed by atoms with Crippen LogP contribution in [0, 0.1) is 11.3 Å². The molecule has 140 valence electrons. The second-order valence-corrected chi connectivity index (χ2v) is 5.80. The predicted molar refractivity (Wildman–Crippen MR) is 98.9 cm³/mol. The van der Waals surface area contributed by atoms with E-state index in [9.17, 15) is 13.6 Å². The highest BCUT2D eigenvalue weighted by Gasteiger charge is 2.15. The number of nitrogens with one attached hydrogen (secondary N) is 1. The van der Waals surface area contributed by atoms with E-state index in [1.807, 2.05) is 0 Å². The van der Waals surface area contributed by atoms with Crippen LogP contribution in [0.2, 0.25) is 0 Å². The van der Waals surface area contributed by atoms with Crippen molar-refractivity contribution < 1.29 is 13.6 Å². The van der Waals surface area contributed by atoms with Gasteiger partial charge in [-0.15, -0.1) is 0 Å². The zero-order valence-electron chi connectivity index (χ0n) is 14.6. The van der Waals surface area contributed by atoms with Crippen molar-refractivity contribution >= 4 is 5.91 Å². The van der Waals surface area contributed by atoms with E-state index in [0.717, 1.165) is 6.08 Å². The summed E-state index contributed by atoms with van der Waals surface area (Å²) in [4.78, 5) is 15.9. The zero-order valence-corrected chi connectivity index (χ0v) is 14.6. The van der Waals surface area contributed by atoms with Gasteiger partial charge >= 0.3 is 6.55 Å². The first-order valence-corrected chi connectivity index (χ1v) is 8.25. The second-order valence-electron chi connectivity index (χ2n) is 5.80. The van der Waals surface area contributed by atoms with Crippen LogP contribution in [-0.4, -0.2) is 20.7 Å². The van der Waals surface area contributed by atoms with Crippen LogP contribution in [0.25, 0.3) is 22.5 Å². The van der Waals surface area contributed by atoms with Crippen LogP contribution in [0.4, 0.5) is 8.78 Å². The lowest BCUT2D eigenvalue weighted by molar-refractivity contribution is -0.116. The highest BCUT2D eigenvalue weighted by Crippen LogP contribution is 2.28. The van der Waals surface area contributed by atoms with E-state index in [4.69, 9.17) is 5.26 Å². The maximum absolute atomic E-state index is 12.9. The number of hydrogen-bond acceptors (Lipinski definition) is 4. The van der Waals surface area contributed by atoms with Crippen LogP contribution >= 0.6 is 0 Å². The number of pyridine rings is 1. The van der Waals surface area contributed by atoms with Gasteiger partial charge in [-0.2, -0.15) is 19.1 Å². The van der Waals surface area contributed by atoms with Crippen molar-refractivity contribution in [1.82, 2.24) is 20.1 Å². The van der Waals surface area contributed by atoms with Gasteiger partial charge < -0.3 is 5.32 Å². The number of carbonyl (C=O) groups excluding carboxylic acids is 1. The van der Waals surface area contributed by atoms with Crippen molar-refractivity contribution in [3.8, 4) is 28.6 Å². The van der Waals surface area contributed by atoms with E-state index in [2.05, 4.69) is 28.0 Å². The fraction of sp³-hybridized carbons (Fsp3) is 0.100. The van der Waals surface area contributed by atoms with Crippen LogP contribution < -0.4 is 5.32 Å². The molecule has 1 aromatic carbocycles. The molecule has 1 amide bonds. The van der Waals surface area contributed by atoms with Crippen LogP contribution in [0.1, 0.15) is 17.7 Å². The Balaban J connectivity index is 2.06. The van der Waals surface area contributed by atoms with E-state index in [1.54, 1.807) is 36.5 Å². The molecule has 0 aliphatic rings. The van der Waals surface area contributed by atoms with Crippen molar-refractivity contribution in [3.63, 3.8) is 0 Å². The van der Waals surface area contributed by atoms with Gasteiger partial charge in [0.25, 0.3) is 0 Å². The summed E-state index contributed by atoms with van der Waals surface area (Å²) in [5.41, 5.74) is 3.21. The Kier molecular flexibility index (Phi) is 5.56. The summed E-state index contributed by atoms with van der Waals surface area (Å²) in [6.07, 6.45) is 3.87. The molecule has 0 bridgehead atoms. The zero-order chi connectivity index (χ0) is 20.1. The molecule has 0 unspecified atom stereocenters. The minimum atomic E-state index is -2.76. The van der Waals surface area contributed by atoms with Crippen LogP contribution in [0.3, 0.4) is 0 Å². The van der Waals surface area contributed by atoms with Crippen molar-refractivity contribution in [2.75, 3.05) is 0 Å². The van der Waals surface area contributed by atoms with Crippen LogP contribution in [0.5, 0.6) is 0 Å². The molecule has 0 spiro atoms. The van der Waals surface area contributed by atoms with E-state index in [1.165, 1.54) is 12.3 Å². The summed E-state index contributed by atoms with van der Waals surface area (Å²) in [6.45, 7) is 0.767. The Morgan fingerprint density at radius 1 is 1.32 bits per heavy atom. The highest BCUT2D eigenvalue weighted by molar-refractivity contribution is 5.87. The van der Waals surface area contributed by atoms with Gasteiger partial charge in [0.1, 0.15) is 0 Å². The molecular formula is C20H15F2N5O. The number of aromatic nitrogens is 3. The Morgan fingerprint density at radius 2 is 2.14 bits per heavy atom. The molecule has 0 atom stereocenters. The van der Waals surface area contributed by atoms with E-state index < -0.39 is 6.55 Å². The number of alkyl halides is 2. The fourth-order valence-electron chi connectivity index (χ4n) is 2.61. The molecule has 0 fully saturated rings. The average Bonchev–Trinajstić information content (AvgIpc) is 3.22. The highest BCUT2D eigenvalue weighted by atomic mass is 19.3. The minimum Gasteiger partial charge on any atom is -0.348 e. The number of halogens is 2. The number of rotatable bonds is 6. The number of carbonyl (C=O) groups is 1. The molecule has 3 aromatic rings. The summed E-state index contributed by atoms with van der Waals surface area (Å²) in [5, 5.41) is 15.6. The Labute approximate surface area is 159 Å². The molecule has 8 heteroatoms. The van der Waals surface area contributed by atoms with Crippen molar-refractivity contribution in [2.45, 2.75) is 13.1 Å². The first kappa shape index (κ1) is 18.9. The van der Waals surface area contributed by atoms with Gasteiger partial charge in [-0.05, 0) is 35.9 Å². The molecule has 0 radical (unpaired) electrons. The number of benzene rings is 1. The second kappa shape index (κ2) is 8.22. The minimum absolute atomic E-state index is 0.132. The van der Waals surface area contributed by atoms with E-state index >= 15 is 0 Å². The first-order chi connectivity index (χ1) is 13.5. The van der Waals surface area contributed by atoms with Gasteiger partial charge in [0.05, 0.1) is 23.0 Å². The molecule has 28 heavy (non-hydrogen) atoms. The quantitative estimate of drug-likeness (QED) is 0.662. The summed E-state index contributed by atoms with van der Waals surface area (Å²) < 4.78 is 26.4. The van der Waals surface area contributed by atoms with Gasteiger partial charge in [-0.1, -0.05) is 18.7 Å². The number of amides is 1. The number of nitriles is 1. The van der Waals surface area contributed by atoms with Gasteiger partial charge in [0.2, 0.25) is 5.91 Å². The van der Waals surface area contributed by atoms with Crippen LogP contribution in [-0.2, 0) is 11.3 Å². The van der Waals surface area contributed by atoms with E-state index in [0.29, 0.717) is 38.3 Å². The van der Waals surface area contributed by atoms with Crippen molar-refractivity contribution in [3.05, 3.63) is 72.6 Å². The SMILES string of the molecule is C=CC(=O)NCc1cnc(-c2cccc(C#N)c2)cc1-c1ccn(C(F)F)n1. The van der Waals surface area contributed by atoms with Gasteiger partial charge in [0, 0.05) is 30.1 Å². The van der Waals surface area contributed by atoms with Crippen molar-refractivity contribution in [2.24, 2.45) is 0 Å². The molecule has 0 saturated heterocycles. The first-order valence-electron chi connectivity index (χ1n) is 8.25. The molecule has 3 rings (SSSR count). The van der Waals surface area contributed by atoms with Gasteiger partial charge in [0.15, 0.2) is 0 Å². The lowest BCUT2D eigenvalue weighted by atomic mass is 10.0. The monoisotopic (exact) mass is 379 g/mol. The van der Waals surface area contributed by atoms with Crippen molar-refractivity contribution in [1.29, 1.82) is 5.26 Å². The van der Waals surface area contributed by atoms with Crippen LogP contribution in [0.15, 0.2) is 61.4 Å². The summed E-state index contributed by atoms with van der Waals surface area (Å²) in [7, 11) is 0. The largest absolute Gasteiger partial charge is 0.348 e. The summed E-state index contributed by atoms with van der Waals surface area (Å²) >= 11 is 0. The summed E-state index contributed by atoms with van der Waals surface area (Å²) in [6, 6.07) is 12.1. The predicted octanol–water partition coefficient (Wildman–Crippen LogP) is 3.68. The topological polar surface area (TPSA) is 83.6 Å². The molecule has 0 saturated carbocycles. The molecule has 2 heterocycles. The summed E-state index contributed by atoms with van der Waals surface area (Å²) in [5.74, 6) is -0.366. The lowest BCUT2D eigenvalue weighted by Crippen LogP contribution is -2.20. The van der Waals surface area contributed by atoms with E-state index in [-0.39, 0.29) is 12.5 Å². The molecule has 0 aliphatic carbocycles. The normalized spacial score (nSPS) is 10.5. The molecule has 6 nitrogen and oxygen atoms in total. The molecule has 0 aliphatic heterocycles. The molecular weight excluding hydrogens is 364 g/mol. The Bertz CT molecular complexity index is 1070. The fourth-order valence-corrected chi connectivity index (χ4v) is 2.61. The third-order valence-corrected chi connectivity index (χ3v) is 4.00. The lowest BCUT2D eigenvalue weighted by Gasteiger charge is -2.11. The Morgan fingerprint density at radius 3 is 2.82 bits per heavy atom. The standard InChI is InChI=1S/C20H15F2N5O/c1-2-19(28)25-12-15-11-24-18(14-5-3-4-13(8-14)10-23)9-16(15)17-6-7-27(26-17)20(21)22/h2-9,11,20H,1,12H2,(H,25,28). The third kappa shape index (κ3) is 4.10. The average molecular weight is 379 g/mol.